The normalized spacial score (nSPS) is 8.87. The predicted octanol–water partition coefficient (Wildman–Crippen LogP) is -1.97. The molecule has 0 fully saturated rings. The molecule has 15 heavy (non-hydrogen) atoms. The third-order valence-electron chi connectivity index (χ3n) is 1.48. The maximum absolute atomic E-state index is 10.9. The smallest absolute Gasteiger partial charge is 0.681 e. The first kappa shape index (κ1) is 13.8. The van der Waals surface area contributed by atoms with Crippen LogP contribution in [0.1, 0.15) is 20.7 Å². The van der Waals surface area contributed by atoms with Gasteiger partial charge < -0.3 is 20.0 Å². The molecule has 0 amide bonds. The Morgan fingerprint density at radius 1 is 1.13 bits per heavy atom. The second kappa shape index (κ2) is 6.35. The van der Waals surface area contributed by atoms with E-state index in [1.54, 1.807) is 0 Å². The molecule has 0 N–H and O–H groups in total. The first-order valence-corrected chi connectivity index (χ1v) is 3.48. The molecular weight excluding hydrogens is 216 g/mol. The molecule has 0 aliphatic rings. The molecule has 0 saturated heterocycles. The summed E-state index contributed by atoms with van der Waals surface area (Å²) in [4.78, 5) is 25.1. The number of hydrogen-bond acceptors (Lipinski definition) is 6. The van der Waals surface area contributed by atoms with Crippen LogP contribution in [0, 0.1) is 0 Å². The van der Waals surface area contributed by atoms with Gasteiger partial charge in [0.2, 0.25) is 0 Å². The van der Waals surface area contributed by atoms with Crippen molar-refractivity contribution in [3.05, 3.63) is 35.4 Å². The van der Waals surface area contributed by atoms with Crippen LogP contribution in [0.5, 0.6) is 0 Å². The fourth-order valence-corrected chi connectivity index (χ4v) is 0.915. The maximum atomic E-state index is 10.9. The molecule has 0 aliphatic carbocycles. The Morgan fingerprint density at radius 3 is 2.13 bits per heavy atom. The molecule has 0 radical (unpaired) electrons. The third-order valence-corrected chi connectivity index (χ3v) is 1.48. The molecule has 0 saturated carbocycles. The molecule has 6 nitrogen and oxygen atoms in total. The fourth-order valence-electron chi connectivity index (χ4n) is 0.915. The molecule has 0 spiro atoms. The van der Waals surface area contributed by atoms with Gasteiger partial charge in [0.05, 0.1) is 11.5 Å². The van der Waals surface area contributed by atoms with E-state index in [0.29, 0.717) is 0 Å². The molecule has 0 aliphatic heterocycles. The number of carboxylic acids is 1. The van der Waals surface area contributed by atoms with E-state index >= 15 is 0 Å². The predicted molar refractivity (Wildman–Crippen MR) is 43.0 cm³/mol. The van der Waals surface area contributed by atoms with Crippen LogP contribution in [0.25, 0.3) is 0 Å². The second-order valence-corrected chi connectivity index (χ2v) is 2.27. The zero-order valence-electron chi connectivity index (χ0n) is 7.47. The Morgan fingerprint density at radius 2 is 1.67 bits per heavy atom. The number of carbonyl (C=O) groups is 2. The van der Waals surface area contributed by atoms with E-state index in [4.69, 9.17) is 0 Å². The van der Waals surface area contributed by atoms with Crippen LogP contribution in [0.15, 0.2) is 24.3 Å². The van der Waals surface area contributed by atoms with E-state index in [1.165, 1.54) is 18.2 Å². The summed E-state index contributed by atoms with van der Waals surface area (Å²) in [6.07, 6.45) is 0. The fraction of sp³-hybridized carbons (Fsp3) is 0. The van der Waals surface area contributed by atoms with E-state index in [9.17, 15) is 20.0 Å². The Kier molecular flexibility index (Phi) is 5.86. The van der Waals surface area contributed by atoms with Gasteiger partial charge in [-0.3, -0.25) is 0 Å². The van der Waals surface area contributed by atoms with Gasteiger partial charge in [0.1, 0.15) is 0 Å². The molecule has 0 aromatic heterocycles. The third kappa shape index (κ3) is 3.48. The van der Waals surface area contributed by atoms with Crippen LogP contribution in [-0.4, -0.2) is 35.0 Å². The summed E-state index contributed by atoms with van der Waals surface area (Å²) in [7, 11) is 0. The van der Waals surface area contributed by atoms with Crippen LogP contribution < -0.4 is 10.4 Å². The van der Waals surface area contributed by atoms with E-state index in [0.717, 1.165) is 6.07 Å². The van der Waals surface area contributed by atoms with Gasteiger partial charge in [0.15, 0.2) is 0 Å². The second-order valence-electron chi connectivity index (χ2n) is 2.27. The summed E-state index contributed by atoms with van der Waals surface area (Å²) < 4.78 is 0. The van der Waals surface area contributed by atoms with Crippen LogP contribution in [-0.2, 0) is 9.93 Å². The average Bonchev–Trinajstić information content (AvgIpc) is 2.18. The summed E-state index contributed by atoms with van der Waals surface area (Å²) in [5, 5.41) is 22.9. The Labute approximate surface area is 100 Å². The SMILES string of the molecule is O=C([O-])c1ccccc1C(=O)OO[O-].[Mg+2]. The van der Waals surface area contributed by atoms with Crippen molar-refractivity contribution in [3.63, 3.8) is 0 Å². The minimum atomic E-state index is -1.54. The Bertz CT molecular complexity index is 364. The summed E-state index contributed by atoms with van der Waals surface area (Å²) in [5.41, 5.74) is -0.669. The molecule has 0 unspecified atom stereocenters. The largest absolute Gasteiger partial charge is 2.00 e. The van der Waals surface area contributed by atoms with Crippen molar-refractivity contribution in [2.45, 2.75) is 0 Å². The molecule has 1 aromatic carbocycles. The number of aromatic carboxylic acids is 1. The van der Waals surface area contributed by atoms with Gasteiger partial charge in [0, 0.05) is 5.56 Å². The number of rotatable bonds is 3. The minimum Gasteiger partial charge on any atom is -0.681 e. The van der Waals surface area contributed by atoms with Crippen LogP contribution in [0.2, 0.25) is 0 Å². The summed E-state index contributed by atoms with van der Waals surface area (Å²) >= 11 is 0. The van der Waals surface area contributed by atoms with Crippen LogP contribution >= 0.6 is 0 Å². The molecule has 0 bridgehead atoms. The van der Waals surface area contributed by atoms with Gasteiger partial charge in [-0.15, -0.1) is 0 Å². The van der Waals surface area contributed by atoms with Gasteiger partial charge in [-0.2, -0.15) is 0 Å². The van der Waals surface area contributed by atoms with Crippen molar-refractivity contribution in [1.29, 1.82) is 0 Å². The molecule has 74 valence electrons. The van der Waals surface area contributed by atoms with E-state index in [1.807, 2.05) is 0 Å². The van der Waals surface area contributed by atoms with Crippen molar-refractivity contribution in [1.82, 2.24) is 0 Å². The monoisotopic (exact) mass is 220 g/mol. The van der Waals surface area contributed by atoms with Crippen molar-refractivity contribution in [2.75, 3.05) is 0 Å². The van der Waals surface area contributed by atoms with E-state index in [-0.39, 0.29) is 34.2 Å². The van der Waals surface area contributed by atoms with Gasteiger partial charge >= 0.3 is 29.0 Å². The van der Waals surface area contributed by atoms with Crippen molar-refractivity contribution in [3.8, 4) is 0 Å². The van der Waals surface area contributed by atoms with Gasteiger partial charge in [0.25, 0.3) is 0 Å². The number of carboxylic acid groups (broad SMARTS) is 1. The number of benzene rings is 1. The first-order valence-electron chi connectivity index (χ1n) is 3.48. The Hall–Kier alpha value is -1.15. The topological polar surface area (TPSA) is 98.7 Å². The van der Waals surface area contributed by atoms with E-state index < -0.39 is 11.9 Å². The van der Waals surface area contributed by atoms with Crippen LogP contribution in [0.4, 0.5) is 0 Å². The standard InChI is InChI=1S/C8H6O6.Mg/c9-7(10)5-3-1-2-4-6(5)8(11)13-14-12;/h1-4,12H,(H,9,10);/q;+2/p-2. The molecule has 1 rings (SSSR count). The van der Waals surface area contributed by atoms with Crippen LogP contribution in [0.3, 0.4) is 0 Å². The van der Waals surface area contributed by atoms with E-state index in [2.05, 4.69) is 9.93 Å². The zero-order valence-corrected chi connectivity index (χ0v) is 8.88. The van der Waals surface area contributed by atoms with Crippen molar-refractivity contribution < 1.29 is 29.9 Å². The van der Waals surface area contributed by atoms with Gasteiger partial charge in [-0.25, -0.2) is 9.83 Å². The quantitative estimate of drug-likeness (QED) is 0.333. The minimum absolute atomic E-state index is 0. The summed E-state index contributed by atoms with van der Waals surface area (Å²) in [5.74, 6) is -2.72. The number of carbonyl (C=O) groups excluding carboxylic acids is 2. The van der Waals surface area contributed by atoms with Gasteiger partial charge in [-0.05, 0) is 6.07 Å². The van der Waals surface area contributed by atoms with Gasteiger partial charge in [-0.1, -0.05) is 18.2 Å². The molecular formula is C8H4MgO6. The van der Waals surface area contributed by atoms with Crippen molar-refractivity contribution >= 4 is 35.0 Å². The molecule has 7 heteroatoms. The first-order chi connectivity index (χ1) is 6.66. The summed E-state index contributed by atoms with van der Waals surface area (Å²) in [6, 6.07) is 5.14. The zero-order chi connectivity index (χ0) is 10.6. The molecule has 0 atom stereocenters. The average molecular weight is 220 g/mol. The number of hydrogen-bond donors (Lipinski definition) is 0. The maximum Gasteiger partial charge on any atom is 2.00 e. The molecule has 0 heterocycles. The summed E-state index contributed by atoms with van der Waals surface area (Å²) in [6.45, 7) is 0. The Balaban J connectivity index is 0.00000196. The van der Waals surface area contributed by atoms with Crippen molar-refractivity contribution in [2.24, 2.45) is 0 Å². The molecule has 1 aromatic rings.